The topological polar surface area (TPSA) is 9.23 Å². The highest BCUT2D eigenvalue weighted by molar-refractivity contribution is 6.59. The van der Waals surface area contributed by atoms with Crippen molar-refractivity contribution in [2.24, 2.45) is 0 Å². The fraction of sp³-hybridized carbons (Fsp3) is 0.379. The minimum atomic E-state index is -4.93. The summed E-state index contributed by atoms with van der Waals surface area (Å²) in [5.41, 5.74) is 4.55. The van der Waals surface area contributed by atoms with Crippen LogP contribution in [0.1, 0.15) is 50.5 Å². The summed E-state index contributed by atoms with van der Waals surface area (Å²) < 4.78 is 55.6. The number of ether oxygens (including phenoxy) is 1. The molecule has 1 aliphatic rings. The molecule has 1 heterocycles. The normalized spacial score (nSPS) is 15.3. The highest BCUT2D eigenvalue weighted by atomic mass is 28.3. The molecule has 0 N–H and O–H groups in total. The van der Waals surface area contributed by atoms with E-state index in [0.29, 0.717) is 11.5 Å². The number of hydrogen-bond donors (Lipinski definition) is 0. The van der Waals surface area contributed by atoms with E-state index in [1.54, 1.807) is 0 Å². The van der Waals surface area contributed by atoms with Crippen LogP contribution in [0.25, 0.3) is 22.3 Å². The SMILES string of the molecule is CCCCC[Si]1CCC(c2ccc(-c3ccccc3-c3ccc(OC(F)(F)F)c(F)c3)cc2)CC1. The zero-order chi connectivity index (χ0) is 24.8. The number of rotatable bonds is 8. The Balaban J connectivity index is 1.48. The summed E-state index contributed by atoms with van der Waals surface area (Å²) in [6.45, 7) is 2.26. The molecule has 0 unspecified atom stereocenters. The minimum Gasteiger partial charge on any atom is -0.403 e. The predicted molar refractivity (Wildman–Crippen MR) is 136 cm³/mol. The van der Waals surface area contributed by atoms with Crippen molar-refractivity contribution < 1.29 is 22.3 Å². The fourth-order valence-electron chi connectivity index (χ4n) is 5.03. The molecule has 0 bridgehead atoms. The van der Waals surface area contributed by atoms with Gasteiger partial charge in [-0.1, -0.05) is 98.9 Å². The zero-order valence-corrected chi connectivity index (χ0v) is 21.0. The van der Waals surface area contributed by atoms with Gasteiger partial charge in [0.15, 0.2) is 11.6 Å². The number of hydrogen-bond acceptors (Lipinski definition) is 1. The molecule has 0 spiro atoms. The standard InChI is InChI=1S/C29H31F4OSi/c1-2-3-6-17-35-18-15-22(16-19-35)21-9-11-23(12-10-21)25-7-4-5-8-26(25)24-13-14-28(27(30)20-24)34-29(31,32)33/h4-5,7-14,20,22H,2-3,6,15-19H2,1H3. The monoisotopic (exact) mass is 499 g/mol. The van der Waals surface area contributed by atoms with Crippen molar-refractivity contribution in [1.82, 2.24) is 0 Å². The Morgan fingerprint density at radius 1 is 0.857 bits per heavy atom. The van der Waals surface area contributed by atoms with E-state index < -0.39 is 17.9 Å². The van der Waals surface area contributed by atoms with Crippen molar-refractivity contribution >= 4 is 8.80 Å². The lowest BCUT2D eigenvalue weighted by molar-refractivity contribution is -0.275. The lowest BCUT2D eigenvalue weighted by Crippen LogP contribution is -2.20. The molecule has 1 saturated heterocycles. The van der Waals surface area contributed by atoms with Gasteiger partial charge in [-0.3, -0.25) is 0 Å². The molecule has 35 heavy (non-hydrogen) atoms. The second kappa shape index (κ2) is 11.4. The van der Waals surface area contributed by atoms with E-state index in [9.17, 15) is 17.6 Å². The van der Waals surface area contributed by atoms with Gasteiger partial charge < -0.3 is 4.74 Å². The third kappa shape index (κ3) is 6.75. The molecule has 3 aromatic rings. The summed E-state index contributed by atoms with van der Waals surface area (Å²) in [7, 11) is -0.165. The van der Waals surface area contributed by atoms with Gasteiger partial charge in [0.1, 0.15) is 0 Å². The van der Waals surface area contributed by atoms with Crippen LogP contribution < -0.4 is 4.74 Å². The van der Waals surface area contributed by atoms with Crippen molar-refractivity contribution in [3.8, 4) is 28.0 Å². The molecule has 1 fully saturated rings. The van der Waals surface area contributed by atoms with Crippen LogP contribution in [0, 0.1) is 5.82 Å². The summed E-state index contributed by atoms with van der Waals surface area (Å²) in [5, 5.41) is 0. The lowest BCUT2D eigenvalue weighted by Gasteiger charge is -2.28. The van der Waals surface area contributed by atoms with E-state index in [-0.39, 0.29) is 8.80 Å². The van der Waals surface area contributed by atoms with Crippen LogP contribution in [-0.4, -0.2) is 15.2 Å². The van der Waals surface area contributed by atoms with Crippen LogP contribution in [0.15, 0.2) is 66.7 Å². The van der Waals surface area contributed by atoms with Crippen molar-refractivity contribution in [3.05, 3.63) is 78.1 Å². The second-order valence-electron chi connectivity index (χ2n) is 9.34. The average molecular weight is 500 g/mol. The molecule has 3 aromatic carbocycles. The van der Waals surface area contributed by atoms with Gasteiger partial charge in [0, 0.05) is 8.80 Å². The predicted octanol–water partition coefficient (Wildman–Crippen LogP) is 9.62. The number of unbranched alkanes of at least 4 members (excludes halogenated alkanes) is 2. The van der Waals surface area contributed by atoms with Gasteiger partial charge in [-0.15, -0.1) is 13.2 Å². The molecule has 0 saturated carbocycles. The van der Waals surface area contributed by atoms with Gasteiger partial charge in [0.05, 0.1) is 0 Å². The number of benzene rings is 3. The maximum atomic E-state index is 14.4. The Labute approximate surface area is 206 Å². The van der Waals surface area contributed by atoms with Gasteiger partial charge >= 0.3 is 6.36 Å². The van der Waals surface area contributed by atoms with Crippen LogP contribution >= 0.6 is 0 Å². The Bertz CT molecular complexity index is 1100. The first-order valence-electron chi connectivity index (χ1n) is 12.4. The molecule has 0 aromatic heterocycles. The van der Waals surface area contributed by atoms with Gasteiger partial charge in [0.2, 0.25) is 0 Å². The van der Waals surface area contributed by atoms with E-state index in [2.05, 4.69) is 35.9 Å². The molecule has 0 amide bonds. The zero-order valence-electron chi connectivity index (χ0n) is 20.0. The molecule has 6 heteroatoms. The average Bonchev–Trinajstić information content (AvgIpc) is 2.85. The van der Waals surface area contributed by atoms with Crippen molar-refractivity contribution in [2.45, 2.75) is 69.4 Å². The fourth-order valence-corrected chi connectivity index (χ4v) is 8.05. The summed E-state index contributed by atoms with van der Waals surface area (Å²) in [6, 6.07) is 24.0. The van der Waals surface area contributed by atoms with E-state index in [1.807, 2.05) is 24.3 Å². The first-order valence-corrected chi connectivity index (χ1v) is 14.5. The van der Waals surface area contributed by atoms with Crippen LogP contribution in [0.3, 0.4) is 0 Å². The van der Waals surface area contributed by atoms with Gasteiger partial charge in [-0.05, 0) is 58.7 Å². The van der Waals surface area contributed by atoms with Crippen molar-refractivity contribution in [3.63, 3.8) is 0 Å². The third-order valence-corrected chi connectivity index (χ3v) is 9.97. The Morgan fingerprint density at radius 3 is 2.09 bits per heavy atom. The molecule has 0 atom stereocenters. The maximum absolute atomic E-state index is 14.4. The molecular weight excluding hydrogens is 468 g/mol. The van der Waals surface area contributed by atoms with E-state index in [4.69, 9.17) is 0 Å². The third-order valence-electron chi connectivity index (χ3n) is 6.92. The first kappa shape index (κ1) is 25.5. The number of halogens is 4. The molecule has 0 aliphatic carbocycles. The Hall–Kier alpha value is -2.60. The lowest BCUT2D eigenvalue weighted by atomic mass is 9.90. The highest BCUT2D eigenvalue weighted by Crippen LogP contribution is 2.38. The van der Waals surface area contributed by atoms with Crippen LogP contribution in [0.5, 0.6) is 5.75 Å². The minimum absolute atomic E-state index is 0.165. The summed E-state index contributed by atoms with van der Waals surface area (Å²) in [6.07, 6.45) is 1.67. The van der Waals surface area contributed by atoms with Crippen LogP contribution in [0.2, 0.25) is 18.1 Å². The number of alkyl halides is 3. The summed E-state index contributed by atoms with van der Waals surface area (Å²) >= 11 is 0. The van der Waals surface area contributed by atoms with Crippen LogP contribution in [0.4, 0.5) is 17.6 Å². The van der Waals surface area contributed by atoms with E-state index in [0.717, 1.165) is 28.8 Å². The summed E-state index contributed by atoms with van der Waals surface area (Å²) in [5.74, 6) is -1.25. The first-order chi connectivity index (χ1) is 16.8. The van der Waals surface area contributed by atoms with Crippen molar-refractivity contribution in [1.29, 1.82) is 0 Å². The van der Waals surface area contributed by atoms with Gasteiger partial charge in [0.25, 0.3) is 0 Å². The van der Waals surface area contributed by atoms with Gasteiger partial charge in [-0.25, -0.2) is 4.39 Å². The Morgan fingerprint density at radius 2 is 1.49 bits per heavy atom. The Kier molecular flexibility index (Phi) is 8.32. The molecule has 1 aliphatic heterocycles. The molecule has 4 rings (SSSR count). The quantitative estimate of drug-likeness (QED) is 0.170. The van der Waals surface area contributed by atoms with Crippen molar-refractivity contribution in [2.75, 3.05) is 0 Å². The summed E-state index contributed by atoms with van der Waals surface area (Å²) in [4.78, 5) is 0. The molecule has 185 valence electrons. The smallest absolute Gasteiger partial charge is 0.403 e. The maximum Gasteiger partial charge on any atom is 0.573 e. The highest BCUT2D eigenvalue weighted by Gasteiger charge is 2.32. The second-order valence-corrected chi connectivity index (χ2v) is 12.3. The molecule has 1 nitrogen and oxygen atoms in total. The van der Waals surface area contributed by atoms with E-state index in [1.165, 1.54) is 61.9 Å². The van der Waals surface area contributed by atoms with E-state index >= 15 is 0 Å². The van der Waals surface area contributed by atoms with Crippen LogP contribution in [-0.2, 0) is 0 Å². The molecular formula is C29H31F4OSi. The van der Waals surface area contributed by atoms with Gasteiger partial charge in [-0.2, -0.15) is 0 Å². The largest absolute Gasteiger partial charge is 0.573 e. The molecule has 1 radical (unpaired) electrons.